The van der Waals surface area contributed by atoms with Crippen LogP contribution in [0.1, 0.15) is 44.1 Å². The van der Waals surface area contributed by atoms with Crippen LogP contribution in [0.2, 0.25) is 0 Å². The third-order valence-corrected chi connectivity index (χ3v) is 10.3. The van der Waals surface area contributed by atoms with E-state index in [2.05, 4.69) is 11.0 Å². The molecule has 4 heterocycles. The normalized spacial score (nSPS) is 41.6. The van der Waals surface area contributed by atoms with E-state index in [1.54, 1.807) is 6.07 Å². The number of methoxy groups -OCH3 is 2. The molecule has 3 spiro atoms. The summed E-state index contributed by atoms with van der Waals surface area (Å²) in [7, 11) is 2.53. The smallest absolute Gasteiger partial charge is 0.414 e. The van der Waals surface area contributed by atoms with Gasteiger partial charge < -0.3 is 24.1 Å². The van der Waals surface area contributed by atoms with Gasteiger partial charge in [0.05, 0.1) is 31.4 Å². The summed E-state index contributed by atoms with van der Waals surface area (Å²) < 4.78 is 22.0. The third-order valence-electron chi connectivity index (χ3n) is 10.3. The highest BCUT2D eigenvalue weighted by atomic mass is 16.7. The van der Waals surface area contributed by atoms with E-state index in [4.69, 9.17) is 18.9 Å². The Bertz CT molecular complexity index is 1250. The molecule has 3 saturated carbocycles. The van der Waals surface area contributed by atoms with Gasteiger partial charge in [-0.25, -0.2) is 9.59 Å². The van der Waals surface area contributed by atoms with Crippen LogP contribution < -0.4 is 14.4 Å². The number of anilines is 1. The number of rotatable bonds is 1. The summed E-state index contributed by atoms with van der Waals surface area (Å²) in [6.07, 6.45) is 2.34. The van der Waals surface area contributed by atoms with Crippen LogP contribution in [-0.4, -0.2) is 72.8 Å². The van der Waals surface area contributed by atoms with Gasteiger partial charge in [0.1, 0.15) is 11.1 Å². The van der Waals surface area contributed by atoms with E-state index in [0.717, 1.165) is 18.5 Å². The Morgan fingerprint density at radius 3 is 2.69 bits per heavy atom. The molecule has 3 aliphatic carbocycles. The van der Waals surface area contributed by atoms with Crippen LogP contribution in [0, 0.1) is 16.7 Å². The summed E-state index contributed by atoms with van der Waals surface area (Å²) in [5.74, 6) is 0.0552. The molecule has 0 aromatic heterocycles. The van der Waals surface area contributed by atoms with Crippen LogP contribution in [0.4, 0.5) is 10.5 Å². The first-order chi connectivity index (χ1) is 16.8. The van der Waals surface area contributed by atoms with Gasteiger partial charge in [0.2, 0.25) is 6.79 Å². The third kappa shape index (κ3) is 1.78. The SMILES string of the molecule is COC(=O)N1c2c(ccc3c2OCO3)[C@@]23CCN4CCC[C@]5(CC[C@]12[C@](O)(C(=O)OC)C5)[C@]43C#N. The number of benzene rings is 1. The van der Waals surface area contributed by atoms with Crippen molar-refractivity contribution in [3.63, 3.8) is 0 Å². The van der Waals surface area contributed by atoms with Gasteiger partial charge in [0.25, 0.3) is 0 Å². The fourth-order valence-electron chi connectivity index (χ4n) is 9.51. The number of aliphatic hydroxyl groups is 1. The summed E-state index contributed by atoms with van der Waals surface area (Å²) in [5.41, 5.74) is -5.10. The first-order valence-electron chi connectivity index (χ1n) is 12.1. The zero-order valence-electron chi connectivity index (χ0n) is 19.8. The fourth-order valence-corrected chi connectivity index (χ4v) is 9.51. The van der Waals surface area contributed by atoms with Gasteiger partial charge in [-0.1, -0.05) is 6.07 Å². The van der Waals surface area contributed by atoms with Gasteiger partial charge in [-0.2, -0.15) is 5.26 Å². The van der Waals surface area contributed by atoms with E-state index in [1.807, 2.05) is 6.07 Å². The number of nitriles is 1. The van der Waals surface area contributed by atoms with Crippen molar-refractivity contribution >= 4 is 17.7 Å². The molecule has 7 aliphatic rings. The number of ether oxygens (including phenoxy) is 4. The summed E-state index contributed by atoms with van der Waals surface area (Å²) in [6, 6.07) is 6.44. The summed E-state index contributed by atoms with van der Waals surface area (Å²) in [4.78, 5) is 30.9. The zero-order chi connectivity index (χ0) is 24.4. The highest BCUT2D eigenvalue weighted by molar-refractivity contribution is 6.02. The van der Waals surface area contributed by atoms with Crippen molar-refractivity contribution in [2.24, 2.45) is 5.41 Å². The average molecular weight is 482 g/mol. The van der Waals surface area contributed by atoms with Crippen molar-refractivity contribution in [1.29, 1.82) is 5.26 Å². The topological polar surface area (TPSA) is 122 Å². The minimum atomic E-state index is -2.05. The first kappa shape index (κ1) is 21.3. The molecule has 10 nitrogen and oxygen atoms in total. The standard InChI is InChI=1S/C25H27N3O7/c1-32-19(29)23(31)12-21-6-3-10-27-11-9-22(25(21,27)13-26)15-4-5-16-18(35-14-34-16)17(15)28(20(30)33-2)24(22,23)8-7-21/h4-5,31H,3,6-12,14H2,1-2H3/t21-,22+,23-,24+,25+/m1/s1. The second-order valence-electron chi connectivity index (χ2n) is 10.7. The molecule has 0 unspecified atom stereocenters. The van der Waals surface area contributed by atoms with Gasteiger partial charge in [-0.05, 0) is 56.7 Å². The van der Waals surface area contributed by atoms with Gasteiger partial charge in [-0.3, -0.25) is 9.80 Å². The van der Waals surface area contributed by atoms with E-state index < -0.39 is 39.6 Å². The summed E-state index contributed by atoms with van der Waals surface area (Å²) >= 11 is 0. The molecule has 1 aromatic rings. The molecular weight excluding hydrogens is 454 g/mol. The minimum Gasteiger partial charge on any atom is -0.467 e. The Balaban J connectivity index is 1.67. The van der Waals surface area contributed by atoms with Gasteiger partial charge in [0, 0.05) is 12.0 Å². The molecule has 1 amide bonds. The minimum absolute atomic E-state index is 0.0124. The lowest BCUT2D eigenvalue weighted by Crippen LogP contribution is -2.90. The van der Waals surface area contributed by atoms with Crippen molar-refractivity contribution < 1.29 is 33.6 Å². The highest BCUT2D eigenvalue weighted by Gasteiger charge is 2.92. The highest BCUT2D eigenvalue weighted by Crippen LogP contribution is 2.81. The lowest BCUT2D eigenvalue weighted by molar-refractivity contribution is -0.244. The number of esters is 1. The van der Waals surface area contributed by atoms with Crippen molar-refractivity contribution in [3.8, 4) is 17.6 Å². The zero-order valence-corrected chi connectivity index (χ0v) is 19.8. The largest absolute Gasteiger partial charge is 0.467 e. The van der Waals surface area contributed by atoms with Crippen molar-refractivity contribution in [2.45, 2.75) is 60.6 Å². The first-order valence-corrected chi connectivity index (χ1v) is 12.1. The monoisotopic (exact) mass is 481 g/mol. The Morgan fingerprint density at radius 1 is 1.11 bits per heavy atom. The van der Waals surface area contributed by atoms with Crippen molar-refractivity contribution in [3.05, 3.63) is 17.7 Å². The second-order valence-corrected chi connectivity index (χ2v) is 10.7. The van der Waals surface area contributed by atoms with E-state index in [9.17, 15) is 20.0 Å². The Labute approximate surface area is 202 Å². The maximum atomic E-state index is 13.7. The Kier molecular flexibility index (Phi) is 3.77. The summed E-state index contributed by atoms with van der Waals surface area (Å²) in [6.45, 7) is 1.36. The predicted octanol–water partition coefficient (Wildman–Crippen LogP) is 1.83. The van der Waals surface area contributed by atoms with Crippen LogP contribution in [0.25, 0.3) is 0 Å². The molecule has 184 valence electrons. The number of carbonyl (C=O) groups is 2. The molecule has 5 fully saturated rings. The molecule has 4 aliphatic heterocycles. The second kappa shape index (κ2) is 6.20. The van der Waals surface area contributed by atoms with E-state index in [0.29, 0.717) is 49.4 Å². The lowest BCUT2D eigenvalue weighted by atomic mass is 9.32. The molecule has 35 heavy (non-hydrogen) atoms. The molecule has 1 N–H and O–H groups in total. The molecule has 1 aromatic carbocycles. The molecule has 5 atom stereocenters. The molecule has 8 rings (SSSR count). The van der Waals surface area contributed by atoms with Crippen molar-refractivity contribution in [1.82, 2.24) is 4.90 Å². The van der Waals surface area contributed by atoms with E-state index >= 15 is 0 Å². The number of hydrogen-bond acceptors (Lipinski definition) is 9. The number of fused-ring (bicyclic) bond motifs is 5. The van der Waals surface area contributed by atoms with Crippen LogP contribution in [0.15, 0.2) is 12.1 Å². The number of nitrogens with zero attached hydrogens (tertiary/aromatic N) is 3. The molecule has 0 radical (unpaired) electrons. The van der Waals surface area contributed by atoms with Gasteiger partial charge in [-0.15, -0.1) is 0 Å². The number of piperidine rings is 1. The quantitative estimate of drug-likeness (QED) is 0.599. The fraction of sp³-hybridized carbons (Fsp3) is 0.640. The van der Waals surface area contributed by atoms with E-state index in [-0.39, 0.29) is 13.2 Å². The number of carbonyl (C=O) groups excluding carboxylic acids is 2. The number of amides is 1. The lowest BCUT2D eigenvalue weighted by Gasteiger charge is -2.74. The Morgan fingerprint density at radius 2 is 1.94 bits per heavy atom. The van der Waals surface area contributed by atoms with Crippen LogP contribution in [0.3, 0.4) is 0 Å². The molecule has 2 saturated heterocycles. The molecule has 10 heteroatoms. The van der Waals surface area contributed by atoms with Gasteiger partial charge >= 0.3 is 12.1 Å². The summed E-state index contributed by atoms with van der Waals surface area (Å²) in [5, 5.41) is 23.7. The number of hydrogen-bond donors (Lipinski definition) is 1. The Hall–Kier alpha value is -3.03. The van der Waals surface area contributed by atoms with Crippen LogP contribution in [-0.2, 0) is 19.7 Å². The molecular formula is C25H27N3O7. The van der Waals surface area contributed by atoms with E-state index in [1.165, 1.54) is 19.1 Å². The van der Waals surface area contributed by atoms with Crippen LogP contribution in [0.5, 0.6) is 11.5 Å². The average Bonchev–Trinajstić information content (AvgIpc) is 3.55. The molecule has 2 bridgehead atoms. The van der Waals surface area contributed by atoms with Gasteiger partial charge in [0.15, 0.2) is 17.1 Å². The maximum absolute atomic E-state index is 13.7. The predicted molar refractivity (Wildman–Crippen MR) is 119 cm³/mol. The maximum Gasteiger partial charge on any atom is 0.414 e. The van der Waals surface area contributed by atoms with Crippen LogP contribution >= 0.6 is 0 Å². The van der Waals surface area contributed by atoms with Crippen molar-refractivity contribution in [2.75, 3.05) is 39.0 Å².